The second-order valence-corrected chi connectivity index (χ2v) is 4.98. The third kappa shape index (κ3) is 2.11. The molecule has 1 aliphatic carbocycles. The average molecular weight is 276 g/mol. The van der Waals surface area contributed by atoms with Crippen LogP contribution in [0.1, 0.15) is 24.3 Å². The van der Waals surface area contributed by atoms with E-state index < -0.39 is 17.4 Å². The average Bonchev–Trinajstić information content (AvgIpc) is 2.99. The molecule has 20 heavy (non-hydrogen) atoms. The molecule has 0 saturated heterocycles. The standard InChI is InChI=1S/C13H13FN4O2/c1-7-2-3-9(14)8(6-7)10-16-11(20-18-10)13(4-5-13)17-12(15)19/h2-3,6H,4-5H2,1H3,(H3,15,17,19). The van der Waals surface area contributed by atoms with Gasteiger partial charge in [0.1, 0.15) is 11.4 Å². The number of nitrogens with two attached hydrogens (primary N) is 1. The van der Waals surface area contributed by atoms with Gasteiger partial charge < -0.3 is 15.6 Å². The van der Waals surface area contributed by atoms with E-state index in [2.05, 4.69) is 15.5 Å². The molecule has 3 N–H and O–H groups in total. The molecule has 0 radical (unpaired) electrons. The number of aromatic nitrogens is 2. The predicted molar refractivity (Wildman–Crippen MR) is 68.1 cm³/mol. The van der Waals surface area contributed by atoms with Gasteiger partial charge in [0.2, 0.25) is 5.82 Å². The molecular weight excluding hydrogens is 263 g/mol. The summed E-state index contributed by atoms with van der Waals surface area (Å²) in [6, 6.07) is 4.01. The molecule has 1 aromatic heterocycles. The van der Waals surface area contributed by atoms with Crippen LogP contribution < -0.4 is 11.1 Å². The van der Waals surface area contributed by atoms with Crippen molar-refractivity contribution in [3.8, 4) is 11.4 Å². The highest BCUT2D eigenvalue weighted by Crippen LogP contribution is 2.45. The molecule has 3 rings (SSSR count). The molecule has 2 amide bonds. The fraction of sp³-hybridized carbons (Fsp3) is 0.308. The summed E-state index contributed by atoms with van der Waals surface area (Å²) in [5, 5.41) is 6.37. The number of urea groups is 1. The lowest BCUT2D eigenvalue weighted by atomic mass is 10.1. The lowest BCUT2D eigenvalue weighted by Crippen LogP contribution is -2.38. The molecule has 6 nitrogen and oxygen atoms in total. The molecule has 1 heterocycles. The van der Waals surface area contributed by atoms with Gasteiger partial charge >= 0.3 is 6.03 Å². The summed E-state index contributed by atoms with van der Waals surface area (Å²) >= 11 is 0. The van der Waals surface area contributed by atoms with Gasteiger partial charge in [0, 0.05) is 0 Å². The van der Waals surface area contributed by atoms with E-state index in [-0.39, 0.29) is 17.3 Å². The number of nitrogens with one attached hydrogen (secondary N) is 1. The molecule has 1 aliphatic rings. The highest BCUT2D eigenvalue weighted by atomic mass is 19.1. The molecule has 7 heteroatoms. The van der Waals surface area contributed by atoms with Crippen LogP contribution in [0.5, 0.6) is 0 Å². The number of carbonyl (C=O) groups is 1. The Hall–Kier alpha value is -2.44. The lowest BCUT2D eigenvalue weighted by molar-refractivity contribution is 0.238. The van der Waals surface area contributed by atoms with E-state index in [9.17, 15) is 9.18 Å². The molecule has 104 valence electrons. The van der Waals surface area contributed by atoms with E-state index >= 15 is 0 Å². The first-order valence-corrected chi connectivity index (χ1v) is 6.18. The van der Waals surface area contributed by atoms with Crippen molar-refractivity contribution in [2.24, 2.45) is 5.73 Å². The van der Waals surface area contributed by atoms with E-state index in [0.29, 0.717) is 12.8 Å². The zero-order valence-electron chi connectivity index (χ0n) is 10.8. The third-order valence-electron chi connectivity index (χ3n) is 3.31. The maximum Gasteiger partial charge on any atom is 0.313 e. The molecule has 0 spiro atoms. The minimum Gasteiger partial charge on any atom is -0.352 e. The van der Waals surface area contributed by atoms with Crippen LogP contribution in [0.15, 0.2) is 22.7 Å². The van der Waals surface area contributed by atoms with Crippen molar-refractivity contribution < 1.29 is 13.7 Å². The maximum absolute atomic E-state index is 13.8. The molecule has 1 aromatic carbocycles. The van der Waals surface area contributed by atoms with Crippen molar-refractivity contribution in [2.45, 2.75) is 25.3 Å². The first-order valence-electron chi connectivity index (χ1n) is 6.18. The number of aryl methyl sites for hydroxylation is 1. The number of primary amides is 1. The van der Waals surface area contributed by atoms with Crippen LogP contribution in [0.4, 0.5) is 9.18 Å². The van der Waals surface area contributed by atoms with Crippen molar-refractivity contribution in [3.05, 3.63) is 35.5 Å². The Kier molecular flexibility index (Phi) is 2.70. The molecule has 0 atom stereocenters. The largest absolute Gasteiger partial charge is 0.352 e. The highest BCUT2D eigenvalue weighted by Gasteiger charge is 2.50. The number of carbonyl (C=O) groups excluding carboxylic acids is 1. The fourth-order valence-corrected chi connectivity index (χ4v) is 2.09. The molecule has 2 aromatic rings. The second-order valence-electron chi connectivity index (χ2n) is 4.98. The maximum atomic E-state index is 13.8. The van der Waals surface area contributed by atoms with Gasteiger partial charge in [0.15, 0.2) is 0 Å². The predicted octanol–water partition coefficient (Wildman–Crippen LogP) is 1.84. The van der Waals surface area contributed by atoms with Crippen molar-refractivity contribution >= 4 is 6.03 Å². The molecule has 0 aliphatic heterocycles. The van der Waals surface area contributed by atoms with Crippen LogP contribution in [0.3, 0.4) is 0 Å². The van der Waals surface area contributed by atoms with Gasteiger partial charge in [-0.05, 0) is 31.9 Å². The van der Waals surface area contributed by atoms with Crippen LogP contribution in [-0.2, 0) is 5.54 Å². The Balaban J connectivity index is 1.95. The Labute approximate surface area is 114 Å². The van der Waals surface area contributed by atoms with Crippen LogP contribution in [0.25, 0.3) is 11.4 Å². The van der Waals surface area contributed by atoms with E-state index in [1.54, 1.807) is 12.1 Å². The first kappa shape index (κ1) is 12.6. The number of amides is 2. The Morgan fingerprint density at radius 3 is 2.90 bits per heavy atom. The Bertz CT molecular complexity index is 679. The summed E-state index contributed by atoms with van der Waals surface area (Å²) in [6.45, 7) is 1.85. The lowest BCUT2D eigenvalue weighted by Gasteiger charge is -2.09. The molecule has 1 saturated carbocycles. The number of benzene rings is 1. The van der Waals surface area contributed by atoms with E-state index in [4.69, 9.17) is 10.3 Å². The summed E-state index contributed by atoms with van der Waals surface area (Å²) in [7, 11) is 0. The van der Waals surface area contributed by atoms with Crippen LogP contribution in [0, 0.1) is 12.7 Å². The van der Waals surface area contributed by atoms with Gasteiger partial charge in [0.05, 0.1) is 5.56 Å². The number of hydrogen-bond acceptors (Lipinski definition) is 4. The number of halogens is 1. The Morgan fingerprint density at radius 1 is 1.50 bits per heavy atom. The summed E-state index contributed by atoms with van der Waals surface area (Å²) < 4.78 is 18.9. The second kappa shape index (κ2) is 4.29. The topological polar surface area (TPSA) is 94.0 Å². The van der Waals surface area contributed by atoms with Crippen LogP contribution in [0.2, 0.25) is 0 Å². The van der Waals surface area contributed by atoms with Gasteiger partial charge in [-0.3, -0.25) is 0 Å². The minimum atomic E-state index is -0.683. The van der Waals surface area contributed by atoms with Gasteiger partial charge in [-0.25, -0.2) is 9.18 Å². The molecular formula is C13H13FN4O2. The van der Waals surface area contributed by atoms with Crippen molar-refractivity contribution in [1.82, 2.24) is 15.5 Å². The first-order chi connectivity index (χ1) is 9.50. The summed E-state index contributed by atoms with van der Waals surface area (Å²) in [6.07, 6.45) is 1.35. The van der Waals surface area contributed by atoms with Crippen molar-refractivity contribution in [3.63, 3.8) is 0 Å². The SMILES string of the molecule is Cc1ccc(F)c(-c2noc(C3(NC(N)=O)CC3)n2)c1. The van der Waals surface area contributed by atoms with Crippen LogP contribution in [-0.4, -0.2) is 16.2 Å². The number of hydrogen-bond donors (Lipinski definition) is 2. The normalized spacial score (nSPS) is 15.9. The minimum absolute atomic E-state index is 0.166. The van der Waals surface area contributed by atoms with Crippen molar-refractivity contribution in [1.29, 1.82) is 0 Å². The summed E-state index contributed by atoms with van der Waals surface area (Å²) in [5.74, 6) is 0.00149. The van der Waals surface area contributed by atoms with E-state index in [1.807, 2.05) is 6.92 Å². The monoisotopic (exact) mass is 276 g/mol. The van der Waals surface area contributed by atoms with Crippen molar-refractivity contribution in [2.75, 3.05) is 0 Å². The quantitative estimate of drug-likeness (QED) is 0.894. The van der Waals surface area contributed by atoms with Gasteiger partial charge in [-0.15, -0.1) is 0 Å². The zero-order chi connectivity index (χ0) is 14.3. The van der Waals surface area contributed by atoms with Crippen LogP contribution >= 0.6 is 0 Å². The summed E-state index contributed by atoms with van der Waals surface area (Å²) in [4.78, 5) is 15.1. The van der Waals surface area contributed by atoms with E-state index in [1.165, 1.54) is 6.07 Å². The molecule has 0 unspecified atom stereocenters. The van der Waals surface area contributed by atoms with E-state index in [0.717, 1.165) is 5.56 Å². The third-order valence-corrected chi connectivity index (χ3v) is 3.31. The Morgan fingerprint density at radius 2 is 2.25 bits per heavy atom. The smallest absolute Gasteiger partial charge is 0.313 e. The highest BCUT2D eigenvalue weighted by molar-refractivity contribution is 5.73. The fourth-order valence-electron chi connectivity index (χ4n) is 2.09. The number of nitrogens with zero attached hydrogens (tertiary/aromatic N) is 2. The zero-order valence-corrected chi connectivity index (χ0v) is 10.8. The summed E-state index contributed by atoms with van der Waals surface area (Å²) in [5.41, 5.74) is 5.60. The van der Waals surface area contributed by atoms with Gasteiger partial charge in [-0.2, -0.15) is 4.98 Å². The van der Waals surface area contributed by atoms with Gasteiger partial charge in [0.25, 0.3) is 5.89 Å². The molecule has 0 bridgehead atoms. The molecule has 1 fully saturated rings. The number of rotatable bonds is 3. The van der Waals surface area contributed by atoms with Gasteiger partial charge in [-0.1, -0.05) is 16.8 Å².